The molecule has 7 nitrogen and oxygen atoms in total. The number of ether oxygens (including phenoxy) is 2. The molecule has 2 bridgehead atoms. The van der Waals surface area contributed by atoms with Gasteiger partial charge in [0.1, 0.15) is 18.2 Å². The summed E-state index contributed by atoms with van der Waals surface area (Å²) < 4.78 is 26.5. The molecule has 2 saturated heterocycles. The Morgan fingerprint density at radius 2 is 2.31 bits per heavy atom. The number of anilines is 1. The summed E-state index contributed by atoms with van der Waals surface area (Å²) in [5.74, 6) is 0.511. The lowest BCUT2D eigenvalue weighted by Crippen LogP contribution is -2.46. The lowest BCUT2D eigenvalue weighted by molar-refractivity contribution is 0.0856. The summed E-state index contributed by atoms with van der Waals surface area (Å²) in [5, 5.41) is 0. The number of hydrogen-bond donors (Lipinski definition) is 0. The molecule has 0 saturated carbocycles. The van der Waals surface area contributed by atoms with Gasteiger partial charge in [-0.25, -0.2) is 14.0 Å². The SMILES string of the molecule is [C-]#[N+]c1cc(F)cc(COc2cc3n(c(=O)n2)C[C@]24CO[C@H](CN32)C4)c1. The highest BCUT2D eigenvalue weighted by Crippen LogP contribution is 2.46. The number of nitrogens with zero attached hydrogens (tertiary/aromatic N) is 4. The van der Waals surface area contributed by atoms with Crippen molar-refractivity contribution in [1.29, 1.82) is 0 Å². The van der Waals surface area contributed by atoms with Gasteiger partial charge in [0.2, 0.25) is 5.88 Å². The van der Waals surface area contributed by atoms with Gasteiger partial charge < -0.3 is 14.4 Å². The van der Waals surface area contributed by atoms with Crippen molar-refractivity contribution in [2.75, 3.05) is 18.1 Å². The smallest absolute Gasteiger partial charge is 0.352 e. The normalized spacial score (nSPS) is 25.1. The number of aromatic nitrogens is 2. The maximum Gasteiger partial charge on any atom is 0.352 e. The quantitative estimate of drug-likeness (QED) is 0.788. The second-order valence-electron chi connectivity index (χ2n) is 7.01. The van der Waals surface area contributed by atoms with E-state index in [1.165, 1.54) is 12.1 Å². The van der Waals surface area contributed by atoms with E-state index >= 15 is 0 Å². The highest BCUT2D eigenvalue weighted by molar-refractivity contribution is 5.53. The first kappa shape index (κ1) is 15.3. The fourth-order valence-electron chi connectivity index (χ4n) is 4.20. The number of halogens is 1. The molecule has 5 rings (SSSR count). The van der Waals surface area contributed by atoms with Crippen LogP contribution in [-0.2, 0) is 17.9 Å². The molecule has 132 valence electrons. The van der Waals surface area contributed by atoms with Crippen LogP contribution in [0.1, 0.15) is 12.0 Å². The van der Waals surface area contributed by atoms with Crippen LogP contribution in [0.4, 0.5) is 15.9 Å². The number of hydrogen-bond acceptors (Lipinski definition) is 5. The second kappa shape index (κ2) is 5.29. The summed E-state index contributed by atoms with van der Waals surface area (Å²) in [4.78, 5) is 21.9. The minimum Gasteiger partial charge on any atom is -0.473 e. The Morgan fingerprint density at radius 3 is 3.12 bits per heavy atom. The highest BCUT2D eigenvalue weighted by atomic mass is 19.1. The topological polar surface area (TPSA) is 61.0 Å². The van der Waals surface area contributed by atoms with Crippen LogP contribution in [0.3, 0.4) is 0 Å². The zero-order chi connectivity index (χ0) is 17.9. The average molecular weight is 354 g/mol. The van der Waals surface area contributed by atoms with E-state index in [-0.39, 0.29) is 35.5 Å². The van der Waals surface area contributed by atoms with E-state index in [0.717, 1.165) is 18.8 Å². The van der Waals surface area contributed by atoms with Crippen molar-refractivity contribution in [3.05, 3.63) is 57.5 Å². The van der Waals surface area contributed by atoms with E-state index in [0.29, 0.717) is 18.7 Å². The van der Waals surface area contributed by atoms with Crippen LogP contribution < -0.4 is 15.3 Å². The van der Waals surface area contributed by atoms with Gasteiger partial charge in [0, 0.05) is 19.0 Å². The third-order valence-corrected chi connectivity index (χ3v) is 5.31. The predicted octanol–water partition coefficient (Wildman–Crippen LogP) is 1.87. The van der Waals surface area contributed by atoms with Gasteiger partial charge in [-0.05, 0) is 23.8 Å². The summed E-state index contributed by atoms with van der Waals surface area (Å²) >= 11 is 0. The van der Waals surface area contributed by atoms with Gasteiger partial charge in [0.25, 0.3) is 0 Å². The molecule has 0 radical (unpaired) electrons. The van der Waals surface area contributed by atoms with Crippen LogP contribution in [0.5, 0.6) is 5.88 Å². The molecule has 0 amide bonds. The lowest BCUT2D eigenvalue weighted by atomic mass is 10.0. The molecule has 1 aromatic carbocycles. The highest BCUT2D eigenvalue weighted by Gasteiger charge is 2.56. The largest absolute Gasteiger partial charge is 0.473 e. The van der Waals surface area contributed by atoms with Crippen LogP contribution in [0.25, 0.3) is 4.85 Å². The third kappa shape index (κ3) is 2.21. The van der Waals surface area contributed by atoms with Gasteiger partial charge in [-0.2, -0.15) is 4.98 Å². The molecule has 2 aromatic rings. The second-order valence-corrected chi connectivity index (χ2v) is 7.01. The van der Waals surface area contributed by atoms with E-state index in [4.69, 9.17) is 16.0 Å². The number of fused-ring (bicyclic) bond motifs is 3. The van der Waals surface area contributed by atoms with Gasteiger partial charge in [-0.1, -0.05) is 0 Å². The number of benzene rings is 1. The molecule has 4 heterocycles. The van der Waals surface area contributed by atoms with E-state index in [9.17, 15) is 9.18 Å². The minimum absolute atomic E-state index is 0.0348. The fraction of sp³-hybridized carbons (Fsp3) is 0.389. The van der Waals surface area contributed by atoms with E-state index in [1.54, 1.807) is 16.7 Å². The van der Waals surface area contributed by atoms with Gasteiger partial charge >= 0.3 is 5.69 Å². The number of morpholine rings is 1. The third-order valence-electron chi connectivity index (χ3n) is 5.31. The first-order valence-corrected chi connectivity index (χ1v) is 8.37. The van der Waals surface area contributed by atoms with Crippen LogP contribution >= 0.6 is 0 Å². The Bertz CT molecular complexity index is 1010. The average Bonchev–Trinajstić information content (AvgIpc) is 3.28. The summed E-state index contributed by atoms with van der Waals surface area (Å²) in [6.45, 7) is 9.01. The molecular weight excluding hydrogens is 339 g/mol. The maximum atomic E-state index is 13.5. The molecule has 2 fully saturated rings. The molecule has 1 spiro atoms. The van der Waals surface area contributed by atoms with Crippen molar-refractivity contribution in [3.63, 3.8) is 0 Å². The standard InChI is InChI=1S/C18H15FN4O3/c1-20-13-3-11(2-12(19)4-13)8-25-15-5-16-22(17(24)21-15)9-18-6-14(26-10-18)7-23(16)18/h2-5,14H,6-10H2/t14-,18+/m0/s1. The van der Waals surface area contributed by atoms with Crippen molar-refractivity contribution >= 4 is 11.5 Å². The van der Waals surface area contributed by atoms with Crippen LogP contribution in [-0.4, -0.2) is 34.3 Å². The van der Waals surface area contributed by atoms with Gasteiger partial charge in [-0.3, -0.25) is 4.57 Å². The number of rotatable bonds is 3. The lowest BCUT2D eigenvalue weighted by Gasteiger charge is -2.32. The molecule has 8 heteroatoms. The Balaban J connectivity index is 1.42. The molecule has 1 aromatic heterocycles. The van der Waals surface area contributed by atoms with Crippen LogP contribution in [0.2, 0.25) is 0 Å². The minimum atomic E-state index is -0.492. The van der Waals surface area contributed by atoms with E-state index in [1.807, 2.05) is 0 Å². The maximum absolute atomic E-state index is 13.5. The monoisotopic (exact) mass is 354 g/mol. The van der Waals surface area contributed by atoms with Crippen molar-refractivity contribution < 1.29 is 13.9 Å². The summed E-state index contributed by atoms with van der Waals surface area (Å²) in [7, 11) is 0. The van der Waals surface area contributed by atoms with Gasteiger partial charge in [0.05, 0.1) is 31.4 Å². The molecule has 0 unspecified atom stereocenters. The fourth-order valence-corrected chi connectivity index (χ4v) is 4.20. The van der Waals surface area contributed by atoms with Crippen molar-refractivity contribution in [3.8, 4) is 5.88 Å². The van der Waals surface area contributed by atoms with E-state index < -0.39 is 5.82 Å². The molecular formula is C18H15FN4O3. The van der Waals surface area contributed by atoms with Crippen LogP contribution in [0.15, 0.2) is 29.1 Å². The Morgan fingerprint density at radius 1 is 1.42 bits per heavy atom. The van der Waals surface area contributed by atoms with Gasteiger partial charge in [0.15, 0.2) is 5.69 Å². The van der Waals surface area contributed by atoms with E-state index in [2.05, 4.69) is 14.7 Å². The van der Waals surface area contributed by atoms with Crippen molar-refractivity contribution in [1.82, 2.24) is 9.55 Å². The Labute approximate surface area is 148 Å². The predicted molar refractivity (Wildman–Crippen MR) is 89.9 cm³/mol. The first-order valence-electron chi connectivity index (χ1n) is 8.37. The molecule has 26 heavy (non-hydrogen) atoms. The van der Waals surface area contributed by atoms with Gasteiger partial charge in [-0.15, -0.1) is 0 Å². The zero-order valence-electron chi connectivity index (χ0n) is 13.8. The molecule has 3 aliphatic heterocycles. The Kier molecular flexibility index (Phi) is 3.12. The zero-order valence-corrected chi connectivity index (χ0v) is 13.8. The molecule has 3 aliphatic rings. The summed E-state index contributed by atoms with van der Waals surface area (Å²) in [6, 6.07) is 5.79. The van der Waals surface area contributed by atoms with Crippen molar-refractivity contribution in [2.45, 2.75) is 31.2 Å². The van der Waals surface area contributed by atoms with Crippen molar-refractivity contribution in [2.24, 2.45) is 0 Å². The molecule has 2 atom stereocenters. The van der Waals surface area contributed by atoms with Crippen LogP contribution in [0, 0.1) is 12.4 Å². The Hall–Kier alpha value is -2.92. The summed E-state index contributed by atoms with van der Waals surface area (Å²) in [5.41, 5.74) is 0.236. The molecule has 0 aliphatic carbocycles. The summed E-state index contributed by atoms with van der Waals surface area (Å²) in [6.07, 6.45) is 1.14. The first-order chi connectivity index (χ1) is 12.6. The molecule has 0 N–H and O–H groups in total.